The van der Waals surface area contributed by atoms with Crippen molar-refractivity contribution < 1.29 is 13.7 Å². The lowest BCUT2D eigenvalue weighted by Gasteiger charge is -2.37. The van der Waals surface area contributed by atoms with E-state index >= 15 is 0 Å². The second-order valence-corrected chi connectivity index (χ2v) is 14.4. The van der Waals surface area contributed by atoms with Crippen molar-refractivity contribution in [2.24, 2.45) is 5.92 Å². The van der Waals surface area contributed by atoms with Crippen molar-refractivity contribution in [1.82, 2.24) is 0 Å². The van der Waals surface area contributed by atoms with Gasteiger partial charge in [-0.25, -0.2) is 0 Å². The summed E-state index contributed by atoms with van der Waals surface area (Å²) in [6.45, 7) is 26.9. The van der Waals surface area contributed by atoms with Crippen molar-refractivity contribution in [1.29, 1.82) is 0 Å². The van der Waals surface area contributed by atoms with Crippen LogP contribution in [0, 0.1) is 5.92 Å². The summed E-state index contributed by atoms with van der Waals surface area (Å²) in [5, 5.41) is 0.245. The molecule has 1 rings (SSSR count). The highest BCUT2D eigenvalue weighted by Crippen LogP contribution is 2.40. The second kappa shape index (κ2) is 6.66. The monoisotopic (exact) mass is 340 g/mol. The third-order valence-electron chi connectivity index (χ3n) is 5.73. The number of hydrogen-bond donors (Lipinski definition) is 0. The van der Waals surface area contributed by atoms with Gasteiger partial charge in [0.1, 0.15) is 0 Å². The van der Waals surface area contributed by atoms with E-state index in [0.717, 1.165) is 18.5 Å². The van der Waals surface area contributed by atoms with Crippen molar-refractivity contribution in [2.75, 3.05) is 6.61 Å². The standard InChI is InChI=1S/C18H37BO3Si/c1-14(13-20-23(10,11)16(3,4)5)12-15(2)19-21-17(6,7)18(8,9)22-19/h14H,2,12-13H2,1,3-11H3/t14-/m1/s1. The maximum Gasteiger partial charge on any atom is 0.489 e. The molecule has 0 radical (unpaired) electrons. The van der Waals surface area contributed by atoms with E-state index in [1.165, 1.54) is 0 Å². The minimum absolute atomic E-state index is 0.245. The normalized spacial score (nSPS) is 22.3. The van der Waals surface area contributed by atoms with Crippen LogP contribution in [0.25, 0.3) is 0 Å². The summed E-state index contributed by atoms with van der Waals surface area (Å²) < 4.78 is 18.5. The van der Waals surface area contributed by atoms with Gasteiger partial charge in [0.25, 0.3) is 0 Å². The molecule has 1 aliphatic heterocycles. The summed E-state index contributed by atoms with van der Waals surface area (Å²) in [7, 11) is -2.00. The first kappa shape index (κ1) is 20.9. The zero-order chi connectivity index (χ0) is 18.3. The fourth-order valence-electron chi connectivity index (χ4n) is 2.18. The van der Waals surface area contributed by atoms with E-state index in [-0.39, 0.29) is 23.4 Å². The Labute approximate surface area is 145 Å². The van der Waals surface area contributed by atoms with E-state index in [2.05, 4.69) is 75.1 Å². The molecule has 5 heteroatoms. The van der Waals surface area contributed by atoms with Gasteiger partial charge in [-0.05, 0) is 63.6 Å². The van der Waals surface area contributed by atoms with E-state index in [1.807, 2.05) is 0 Å². The van der Waals surface area contributed by atoms with Crippen LogP contribution in [0.5, 0.6) is 0 Å². The fraction of sp³-hybridized carbons (Fsp3) is 0.889. The molecule has 23 heavy (non-hydrogen) atoms. The van der Waals surface area contributed by atoms with Crippen LogP contribution in [0.15, 0.2) is 12.1 Å². The molecule has 0 amide bonds. The number of allylic oxidation sites excluding steroid dienone is 1. The molecule has 0 aromatic rings. The van der Waals surface area contributed by atoms with E-state index in [1.54, 1.807) is 0 Å². The van der Waals surface area contributed by atoms with E-state index in [9.17, 15) is 0 Å². The van der Waals surface area contributed by atoms with Gasteiger partial charge in [-0.3, -0.25) is 0 Å². The van der Waals surface area contributed by atoms with Gasteiger partial charge in [-0.15, -0.1) is 6.58 Å². The third kappa shape index (κ3) is 4.94. The predicted octanol–water partition coefficient (Wildman–Crippen LogP) is 5.22. The maximum atomic E-state index is 6.32. The smallest absolute Gasteiger partial charge is 0.417 e. The first-order valence-corrected chi connectivity index (χ1v) is 11.7. The van der Waals surface area contributed by atoms with Crippen molar-refractivity contribution in [3.63, 3.8) is 0 Å². The van der Waals surface area contributed by atoms with Crippen LogP contribution in [-0.4, -0.2) is 33.2 Å². The van der Waals surface area contributed by atoms with Crippen LogP contribution >= 0.6 is 0 Å². The molecular weight excluding hydrogens is 303 g/mol. The molecule has 0 aliphatic carbocycles. The fourth-order valence-corrected chi connectivity index (χ4v) is 3.31. The molecule has 0 aromatic carbocycles. The topological polar surface area (TPSA) is 27.7 Å². The molecule has 3 nitrogen and oxygen atoms in total. The van der Waals surface area contributed by atoms with E-state index < -0.39 is 8.32 Å². The van der Waals surface area contributed by atoms with E-state index in [4.69, 9.17) is 13.7 Å². The lowest BCUT2D eigenvalue weighted by Crippen LogP contribution is -2.41. The average Bonchev–Trinajstić information content (AvgIpc) is 2.55. The van der Waals surface area contributed by atoms with Crippen molar-refractivity contribution in [3.05, 3.63) is 12.1 Å². The van der Waals surface area contributed by atoms with Gasteiger partial charge < -0.3 is 13.7 Å². The van der Waals surface area contributed by atoms with Crippen LogP contribution in [0.4, 0.5) is 0 Å². The summed E-state index contributed by atoms with van der Waals surface area (Å²) in [6.07, 6.45) is 0.867. The number of hydrogen-bond acceptors (Lipinski definition) is 3. The highest BCUT2D eigenvalue weighted by Gasteiger charge is 2.52. The Morgan fingerprint density at radius 1 is 1.13 bits per heavy atom. The molecule has 1 atom stereocenters. The Balaban J connectivity index is 2.53. The SMILES string of the molecule is C=C(C[C@@H](C)CO[Si](C)(C)C(C)(C)C)B1OC(C)(C)C(C)(C)O1. The summed E-state index contributed by atoms with van der Waals surface area (Å²) >= 11 is 0. The molecule has 1 saturated heterocycles. The lowest BCUT2D eigenvalue weighted by atomic mass is 9.75. The summed E-state index contributed by atoms with van der Waals surface area (Å²) in [4.78, 5) is 0. The molecule has 0 N–H and O–H groups in total. The summed E-state index contributed by atoms with van der Waals surface area (Å²) in [6, 6.07) is 0. The molecule has 0 aromatic heterocycles. The van der Waals surface area contributed by atoms with Gasteiger partial charge in [0, 0.05) is 6.61 Å². The van der Waals surface area contributed by atoms with Crippen LogP contribution < -0.4 is 0 Å². The Morgan fingerprint density at radius 2 is 1.57 bits per heavy atom. The summed E-state index contributed by atoms with van der Waals surface area (Å²) in [5.41, 5.74) is 0.401. The lowest BCUT2D eigenvalue weighted by molar-refractivity contribution is 0.00578. The Morgan fingerprint density at radius 3 is 1.96 bits per heavy atom. The Kier molecular flexibility index (Phi) is 6.07. The Bertz CT molecular complexity index is 422. The highest BCUT2D eigenvalue weighted by atomic mass is 28.4. The maximum absolute atomic E-state index is 6.32. The van der Waals surface area contributed by atoms with Crippen molar-refractivity contribution in [2.45, 2.75) is 91.1 Å². The molecule has 1 fully saturated rings. The van der Waals surface area contributed by atoms with Gasteiger partial charge in [0.15, 0.2) is 8.32 Å². The predicted molar refractivity (Wildman–Crippen MR) is 102 cm³/mol. The average molecular weight is 340 g/mol. The van der Waals surface area contributed by atoms with Gasteiger partial charge >= 0.3 is 7.12 Å². The van der Waals surface area contributed by atoms with Crippen LogP contribution in [0.3, 0.4) is 0 Å². The summed E-state index contributed by atoms with van der Waals surface area (Å²) in [5.74, 6) is 0.413. The molecule has 0 bridgehead atoms. The van der Waals surface area contributed by atoms with E-state index in [0.29, 0.717) is 5.92 Å². The molecule has 0 unspecified atom stereocenters. The minimum atomic E-state index is -1.69. The quantitative estimate of drug-likeness (QED) is 0.620. The van der Waals surface area contributed by atoms with Gasteiger partial charge in [0.05, 0.1) is 11.2 Å². The molecular formula is C18H37BO3Si. The number of rotatable bonds is 6. The Hall–Kier alpha value is -0.0982. The van der Waals surface area contributed by atoms with Crippen LogP contribution in [0.1, 0.15) is 61.8 Å². The minimum Gasteiger partial charge on any atom is -0.417 e. The zero-order valence-electron chi connectivity index (χ0n) is 17.0. The van der Waals surface area contributed by atoms with Crippen LogP contribution in [0.2, 0.25) is 18.1 Å². The van der Waals surface area contributed by atoms with Crippen LogP contribution in [-0.2, 0) is 13.7 Å². The van der Waals surface area contributed by atoms with Gasteiger partial charge in [0.2, 0.25) is 0 Å². The second-order valence-electron chi connectivity index (χ2n) is 9.63. The van der Waals surface area contributed by atoms with Crippen molar-refractivity contribution >= 4 is 15.4 Å². The molecule has 1 heterocycles. The molecule has 0 saturated carbocycles. The molecule has 0 spiro atoms. The largest absolute Gasteiger partial charge is 0.489 e. The third-order valence-corrected chi connectivity index (χ3v) is 10.2. The highest BCUT2D eigenvalue weighted by molar-refractivity contribution is 6.74. The first-order valence-electron chi connectivity index (χ1n) is 8.76. The molecule has 134 valence electrons. The zero-order valence-corrected chi connectivity index (χ0v) is 18.0. The first-order chi connectivity index (χ1) is 10.1. The van der Waals surface area contributed by atoms with Crippen molar-refractivity contribution in [3.8, 4) is 0 Å². The van der Waals surface area contributed by atoms with Gasteiger partial charge in [-0.1, -0.05) is 27.7 Å². The molecule has 1 aliphatic rings. The van der Waals surface area contributed by atoms with Gasteiger partial charge in [-0.2, -0.15) is 0 Å².